The van der Waals surface area contributed by atoms with Gasteiger partial charge in [-0.25, -0.2) is 9.18 Å². The molecule has 0 aliphatic heterocycles. The molecule has 23 heavy (non-hydrogen) atoms. The largest absolute Gasteiger partial charge is 0.491 e. The van der Waals surface area contributed by atoms with E-state index in [0.29, 0.717) is 19.0 Å². The van der Waals surface area contributed by atoms with E-state index >= 15 is 0 Å². The van der Waals surface area contributed by atoms with Gasteiger partial charge in [-0.05, 0) is 37.2 Å². The SMILES string of the molecule is CCOC(=O)c1cc(F)cc(OCCO[Si](C)(C)C(C)(C)C)c1. The summed E-state index contributed by atoms with van der Waals surface area (Å²) in [6.45, 7) is 13.5. The van der Waals surface area contributed by atoms with Crippen LogP contribution in [0.1, 0.15) is 38.1 Å². The molecule has 1 aromatic carbocycles. The van der Waals surface area contributed by atoms with Crippen molar-refractivity contribution in [2.45, 2.75) is 45.8 Å². The monoisotopic (exact) mass is 342 g/mol. The van der Waals surface area contributed by atoms with Crippen LogP contribution in [-0.2, 0) is 9.16 Å². The zero-order valence-electron chi connectivity index (χ0n) is 14.9. The number of benzene rings is 1. The van der Waals surface area contributed by atoms with Gasteiger partial charge in [0.2, 0.25) is 0 Å². The smallest absolute Gasteiger partial charge is 0.338 e. The molecule has 0 amide bonds. The fraction of sp³-hybridized carbons (Fsp3) is 0.588. The van der Waals surface area contributed by atoms with Gasteiger partial charge in [0, 0.05) is 6.07 Å². The number of carbonyl (C=O) groups is 1. The van der Waals surface area contributed by atoms with Crippen molar-refractivity contribution in [3.63, 3.8) is 0 Å². The molecule has 0 aliphatic carbocycles. The fourth-order valence-electron chi connectivity index (χ4n) is 1.65. The first kappa shape index (κ1) is 19.6. The quantitative estimate of drug-likeness (QED) is 0.418. The van der Waals surface area contributed by atoms with Crippen LogP contribution in [0.2, 0.25) is 18.1 Å². The van der Waals surface area contributed by atoms with Gasteiger partial charge in [-0.15, -0.1) is 0 Å². The van der Waals surface area contributed by atoms with Crippen LogP contribution in [-0.4, -0.2) is 34.1 Å². The van der Waals surface area contributed by atoms with Crippen molar-refractivity contribution in [1.82, 2.24) is 0 Å². The van der Waals surface area contributed by atoms with Crippen LogP contribution >= 0.6 is 0 Å². The molecule has 0 fully saturated rings. The average molecular weight is 342 g/mol. The lowest BCUT2D eigenvalue weighted by molar-refractivity contribution is 0.0525. The van der Waals surface area contributed by atoms with Gasteiger partial charge in [0.05, 0.1) is 18.8 Å². The molecular weight excluding hydrogens is 315 g/mol. The molecule has 0 bridgehead atoms. The van der Waals surface area contributed by atoms with Crippen LogP contribution in [0.3, 0.4) is 0 Å². The highest BCUT2D eigenvalue weighted by atomic mass is 28.4. The Morgan fingerprint density at radius 3 is 2.39 bits per heavy atom. The van der Waals surface area contributed by atoms with E-state index in [1.54, 1.807) is 6.92 Å². The van der Waals surface area contributed by atoms with E-state index in [9.17, 15) is 9.18 Å². The number of carbonyl (C=O) groups excluding carboxylic acids is 1. The average Bonchev–Trinajstić information content (AvgIpc) is 2.42. The lowest BCUT2D eigenvalue weighted by atomic mass is 10.2. The highest BCUT2D eigenvalue weighted by molar-refractivity contribution is 6.74. The van der Waals surface area contributed by atoms with Crippen LogP contribution in [0.5, 0.6) is 5.75 Å². The van der Waals surface area contributed by atoms with E-state index < -0.39 is 20.1 Å². The summed E-state index contributed by atoms with van der Waals surface area (Å²) in [5.41, 5.74) is 0.146. The first-order valence-corrected chi connectivity index (χ1v) is 10.7. The zero-order chi connectivity index (χ0) is 17.7. The summed E-state index contributed by atoms with van der Waals surface area (Å²) in [6.07, 6.45) is 0. The maximum Gasteiger partial charge on any atom is 0.338 e. The van der Waals surface area contributed by atoms with E-state index in [4.69, 9.17) is 13.9 Å². The molecule has 1 rings (SSSR count). The molecule has 0 atom stereocenters. The molecule has 0 unspecified atom stereocenters. The summed E-state index contributed by atoms with van der Waals surface area (Å²) < 4.78 is 29.9. The second-order valence-corrected chi connectivity index (χ2v) is 11.7. The van der Waals surface area contributed by atoms with Crippen molar-refractivity contribution in [3.05, 3.63) is 29.6 Å². The summed E-state index contributed by atoms with van der Waals surface area (Å²) >= 11 is 0. The van der Waals surface area contributed by atoms with Crippen molar-refractivity contribution >= 4 is 14.3 Å². The van der Waals surface area contributed by atoms with Crippen molar-refractivity contribution < 1.29 is 23.1 Å². The molecule has 1 aromatic rings. The number of hydrogen-bond donors (Lipinski definition) is 0. The third-order valence-corrected chi connectivity index (χ3v) is 8.54. The Kier molecular flexibility index (Phi) is 6.77. The van der Waals surface area contributed by atoms with Crippen LogP contribution < -0.4 is 4.74 Å². The Bertz CT molecular complexity index is 538. The minimum absolute atomic E-state index is 0.128. The molecule has 0 aliphatic rings. The first-order chi connectivity index (χ1) is 10.6. The normalized spacial score (nSPS) is 12.1. The van der Waals surface area contributed by atoms with Gasteiger partial charge in [-0.2, -0.15) is 0 Å². The third kappa shape index (κ3) is 5.95. The second-order valence-electron chi connectivity index (χ2n) is 6.85. The maximum absolute atomic E-state index is 13.6. The van der Waals surface area contributed by atoms with Crippen LogP contribution in [0.15, 0.2) is 18.2 Å². The summed E-state index contributed by atoms with van der Waals surface area (Å²) in [5, 5.41) is 0.128. The summed E-state index contributed by atoms with van der Waals surface area (Å²) in [6, 6.07) is 3.86. The second kappa shape index (κ2) is 7.92. The topological polar surface area (TPSA) is 44.8 Å². The highest BCUT2D eigenvalue weighted by Crippen LogP contribution is 2.36. The van der Waals surface area contributed by atoms with Crippen LogP contribution in [0, 0.1) is 5.82 Å². The predicted molar refractivity (Wildman–Crippen MR) is 91.0 cm³/mol. The van der Waals surface area contributed by atoms with Gasteiger partial charge in [0.15, 0.2) is 8.32 Å². The molecule has 0 spiro atoms. The highest BCUT2D eigenvalue weighted by Gasteiger charge is 2.36. The van der Waals surface area contributed by atoms with E-state index in [0.717, 1.165) is 6.07 Å². The minimum atomic E-state index is -1.82. The summed E-state index contributed by atoms with van der Waals surface area (Å²) in [5.74, 6) is -0.794. The molecule has 0 heterocycles. The molecule has 0 N–H and O–H groups in total. The lowest BCUT2D eigenvalue weighted by Gasteiger charge is -2.36. The Balaban J connectivity index is 2.60. The van der Waals surface area contributed by atoms with E-state index in [1.807, 2.05) is 0 Å². The van der Waals surface area contributed by atoms with Gasteiger partial charge in [0.25, 0.3) is 0 Å². The number of esters is 1. The Labute approximate surface area is 139 Å². The van der Waals surface area contributed by atoms with Crippen molar-refractivity contribution in [3.8, 4) is 5.75 Å². The molecule has 6 heteroatoms. The van der Waals surface area contributed by atoms with Crippen LogP contribution in [0.25, 0.3) is 0 Å². The van der Waals surface area contributed by atoms with Gasteiger partial charge >= 0.3 is 5.97 Å². The molecule has 0 saturated carbocycles. The van der Waals surface area contributed by atoms with Crippen molar-refractivity contribution in [2.24, 2.45) is 0 Å². The molecule has 0 saturated heterocycles. The fourth-order valence-corrected chi connectivity index (χ4v) is 2.68. The Morgan fingerprint density at radius 1 is 1.17 bits per heavy atom. The number of rotatable bonds is 7. The third-order valence-electron chi connectivity index (χ3n) is 4.00. The summed E-state index contributed by atoms with van der Waals surface area (Å²) in [7, 11) is -1.82. The predicted octanol–water partition coefficient (Wildman–Crippen LogP) is 4.40. The molecule has 130 valence electrons. The Morgan fingerprint density at radius 2 is 1.83 bits per heavy atom. The van der Waals surface area contributed by atoms with E-state index in [2.05, 4.69) is 33.9 Å². The molecule has 0 aromatic heterocycles. The minimum Gasteiger partial charge on any atom is -0.491 e. The first-order valence-electron chi connectivity index (χ1n) is 7.81. The molecule has 0 radical (unpaired) electrons. The van der Waals surface area contributed by atoms with E-state index in [1.165, 1.54) is 12.1 Å². The van der Waals surface area contributed by atoms with Gasteiger partial charge in [-0.3, -0.25) is 0 Å². The van der Waals surface area contributed by atoms with E-state index in [-0.39, 0.29) is 17.2 Å². The van der Waals surface area contributed by atoms with Crippen LogP contribution in [0.4, 0.5) is 4.39 Å². The number of ether oxygens (including phenoxy) is 2. The summed E-state index contributed by atoms with van der Waals surface area (Å²) in [4.78, 5) is 11.7. The maximum atomic E-state index is 13.6. The van der Waals surface area contributed by atoms with Gasteiger partial charge < -0.3 is 13.9 Å². The number of hydrogen-bond acceptors (Lipinski definition) is 4. The van der Waals surface area contributed by atoms with Crippen molar-refractivity contribution in [1.29, 1.82) is 0 Å². The number of halogens is 1. The molecular formula is C17H27FO4Si. The lowest BCUT2D eigenvalue weighted by Crippen LogP contribution is -2.41. The van der Waals surface area contributed by atoms with Gasteiger partial charge in [-0.1, -0.05) is 20.8 Å². The Hall–Kier alpha value is -1.40. The van der Waals surface area contributed by atoms with Crippen molar-refractivity contribution in [2.75, 3.05) is 19.8 Å². The molecule has 4 nitrogen and oxygen atoms in total. The van der Waals surface area contributed by atoms with Gasteiger partial charge in [0.1, 0.15) is 18.2 Å². The standard InChI is InChI=1S/C17H27FO4Si/c1-7-20-16(19)13-10-14(18)12-15(11-13)21-8-9-22-23(5,6)17(2,3)4/h10-12H,7-9H2,1-6H3. The zero-order valence-corrected chi connectivity index (χ0v) is 15.9.